The second kappa shape index (κ2) is 6.81. The molecule has 1 aromatic rings. The number of anilines is 2. The summed E-state index contributed by atoms with van der Waals surface area (Å²) in [7, 11) is 0. The second-order valence-corrected chi connectivity index (χ2v) is 5.70. The van der Waals surface area contributed by atoms with E-state index in [1.807, 2.05) is 0 Å². The van der Waals surface area contributed by atoms with Crippen LogP contribution in [0.4, 0.5) is 11.9 Å². The van der Waals surface area contributed by atoms with E-state index >= 15 is 0 Å². The van der Waals surface area contributed by atoms with Gasteiger partial charge in [-0.3, -0.25) is 4.90 Å². The van der Waals surface area contributed by atoms with Gasteiger partial charge in [0.05, 0.1) is 6.54 Å². The van der Waals surface area contributed by atoms with Crippen LogP contribution < -0.4 is 16.8 Å². The number of nitrogens with two attached hydrogens (primary N) is 2. The Kier molecular flexibility index (Phi) is 5.08. The zero-order valence-electron chi connectivity index (χ0n) is 12.3. The third kappa shape index (κ3) is 4.28. The largest absolute Gasteiger partial charge is 0.368 e. The van der Waals surface area contributed by atoms with Crippen LogP contribution in [0.3, 0.4) is 0 Å². The third-order valence-corrected chi connectivity index (χ3v) is 3.68. The van der Waals surface area contributed by atoms with Crippen LogP contribution in [0.1, 0.15) is 32.5 Å². The standard InChI is InChI=1S/C13H25N7/c1-9(2)20(7-10-4-3-5-16-6-10)8-11-17-12(14)19-13(15)18-11/h9-10,16H,3-8H2,1-2H3,(H4,14,15,17,18,19). The third-order valence-electron chi connectivity index (χ3n) is 3.68. The first-order valence-electron chi connectivity index (χ1n) is 7.25. The van der Waals surface area contributed by atoms with Gasteiger partial charge >= 0.3 is 0 Å². The Balaban J connectivity index is 2.00. The number of hydrogen-bond acceptors (Lipinski definition) is 7. The highest BCUT2D eigenvalue weighted by Crippen LogP contribution is 2.15. The molecule has 0 radical (unpaired) electrons. The quantitative estimate of drug-likeness (QED) is 0.709. The fraction of sp³-hybridized carbons (Fsp3) is 0.769. The molecule has 7 heteroatoms. The van der Waals surface area contributed by atoms with Crippen molar-refractivity contribution in [2.24, 2.45) is 5.92 Å². The van der Waals surface area contributed by atoms with E-state index < -0.39 is 0 Å². The van der Waals surface area contributed by atoms with Crippen LogP contribution in [0.5, 0.6) is 0 Å². The molecule has 5 N–H and O–H groups in total. The molecule has 2 heterocycles. The van der Waals surface area contributed by atoms with Crippen molar-refractivity contribution in [3.05, 3.63) is 5.82 Å². The first-order chi connectivity index (χ1) is 9.54. The zero-order chi connectivity index (χ0) is 14.5. The molecule has 0 aliphatic carbocycles. The number of piperidine rings is 1. The topological polar surface area (TPSA) is 106 Å². The first-order valence-corrected chi connectivity index (χ1v) is 7.25. The summed E-state index contributed by atoms with van der Waals surface area (Å²) < 4.78 is 0. The Morgan fingerprint density at radius 3 is 2.50 bits per heavy atom. The SMILES string of the molecule is CC(C)N(Cc1nc(N)nc(N)n1)CC1CCCNC1. The molecule has 0 spiro atoms. The molecule has 1 aliphatic rings. The van der Waals surface area contributed by atoms with Crippen LogP contribution in [0, 0.1) is 5.92 Å². The van der Waals surface area contributed by atoms with E-state index in [4.69, 9.17) is 11.5 Å². The molecule has 0 bridgehead atoms. The molecule has 0 aromatic carbocycles. The molecule has 2 rings (SSSR count). The number of nitrogen functional groups attached to an aromatic ring is 2. The van der Waals surface area contributed by atoms with Gasteiger partial charge in [0.25, 0.3) is 0 Å². The molecule has 1 aromatic heterocycles. The predicted molar refractivity (Wildman–Crippen MR) is 79.8 cm³/mol. The average molecular weight is 279 g/mol. The lowest BCUT2D eigenvalue weighted by Crippen LogP contribution is -2.41. The van der Waals surface area contributed by atoms with Gasteiger partial charge in [-0.25, -0.2) is 0 Å². The molecule has 1 saturated heterocycles. The van der Waals surface area contributed by atoms with Crippen molar-refractivity contribution in [3.63, 3.8) is 0 Å². The molecule has 20 heavy (non-hydrogen) atoms. The van der Waals surface area contributed by atoms with E-state index in [1.165, 1.54) is 12.8 Å². The summed E-state index contributed by atoms with van der Waals surface area (Å²) in [6, 6.07) is 0.427. The van der Waals surface area contributed by atoms with E-state index in [1.54, 1.807) is 0 Å². The fourth-order valence-electron chi connectivity index (χ4n) is 2.58. The summed E-state index contributed by atoms with van der Waals surface area (Å²) in [5.41, 5.74) is 11.2. The Morgan fingerprint density at radius 2 is 1.95 bits per heavy atom. The van der Waals surface area contributed by atoms with Crippen molar-refractivity contribution in [1.82, 2.24) is 25.2 Å². The molecule has 0 saturated carbocycles. The van der Waals surface area contributed by atoms with Gasteiger partial charge in [-0.2, -0.15) is 15.0 Å². The van der Waals surface area contributed by atoms with Gasteiger partial charge in [0.15, 0.2) is 0 Å². The molecule has 1 aliphatic heterocycles. The van der Waals surface area contributed by atoms with E-state index in [0.29, 0.717) is 24.3 Å². The minimum Gasteiger partial charge on any atom is -0.368 e. The van der Waals surface area contributed by atoms with Crippen LogP contribution in [0.15, 0.2) is 0 Å². The summed E-state index contributed by atoms with van der Waals surface area (Å²) in [5, 5.41) is 3.45. The van der Waals surface area contributed by atoms with E-state index in [2.05, 4.69) is 39.0 Å². The number of hydrogen-bond donors (Lipinski definition) is 3. The van der Waals surface area contributed by atoms with E-state index in [-0.39, 0.29) is 11.9 Å². The normalized spacial score (nSPS) is 19.7. The lowest BCUT2D eigenvalue weighted by Gasteiger charge is -2.32. The number of rotatable bonds is 5. The first kappa shape index (κ1) is 14.9. The average Bonchev–Trinajstić information content (AvgIpc) is 2.38. The Morgan fingerprint density at radius 1 is 1.25 bits per heavy atom. The van der Waals surface area contributed by atoms with Crippen molar-refractivity contribution in [2.45, 2.75) is 39.3 Å². The van der Waals surface area contributed by atoms with Crippen molar-refractivity contribution in [3.8, 4) is 0 Å². The lowest BCUT2D eigenvalue weighted by atomic mass is 9.98. The molecule has 7 nitrogen and oxygen atoms in total. The highest BCUT2D eigenvalue weighted by Gasteiger charge is 2.20. The fourth-order valence-corrected chi connectivity index (χ4v) is 2.58. The zero-order valence-corrected chi connectivity index (χ0v) is 12.3. The maximum atomic E-state index is 5.62. The van der Waals surface area contributed by atoms with E-state index in [9.17, 15) is 0 Å². The summed E-state index contributed by atoms with van der Waals surface area (Å²) in [6.07, 6.45) is 2.53. The summed E-state index contributed by atoms with van der Waals surface area (Å²) in [5.74, 6) is 1.71. The summed E-state index contributed by atoms with van der Waals surface area (Å²) in [4.78, 5) is 14.5. The number of nitrogens with one attached hydrogen (secondary N) is 1. The Labute approximate surface area is 120 Å². The van der Waals surface area contributed by atoms with Crippen molar-refractivity contribution >= 4 is 11.9 Å². The number of aromatic nitrogens is 3. The van der Waals surface area contributed by atoms with E-state index in [0.717, 1.165) is 19.6 Å². The van der Waals surface area contributed by atoms with Gasteiger partial charge in [-0.15, -0.1) is 0 Å². The highest BCUT2D eigenvalue weighted by molar-refractivity contribution is 5.25. The molecule has 0 amide bonds. The van der Waals surface area contributed by atoms with Gasteiger partial charge in [-0.05, 0) is 45.7 Å². The molecule has 112 valence electrons. The Bertz CT molecular complexity index is 408. The molecular formula is C13H25N7. The second-order valence-electron chi connectivity index (χ2n) is 5.70. The number of nitrogens with zero attached hydrogens (tertiary/aromatic N) is 4. The molecule has 1 atom stereocenters. The summed E-state index contributed by atoms with van der Waals surface area (Å²) >= 11 is 0. The van der Waals surface area contributed by atoms with Gasteiger partial charge in [0.2, 0.25) is 11.9 Å². The molecule has 1 unspecified atom stereocenters. The van der Waals surface area contributed by atoms with Crippen LogP contribution in [-0.4, -0.2) is 45.5 Å². The van der Waals surface area contributed by atoms with Crippen LogP contribution in [-0.2, 0) is 6.54 Å². The van der Waals surface area contributed by atoms with Gasteiger partial charge in [-0.1, -0.05) is 0 Å². The van der Waals surface area contributed by atoms with Gasteiger partial charge in [0, 0.05) is 12.6 Å². The molecule has 1 fully saturated rings. The molecular weight excluding hydrogens is 254 g/mol. The summed E-state index contributed by atoms with van der Waals surface area (Å²) in [6.45, 7) is 8.29. The maximum Gasteiger partial charge on any atom is 0.225 e. The van der Waals surface area contributed by atoms with Gasteiger partial charge in [0.1, 0.15) is 5.82 Å². The smallest absolute Gasteiger partial charge is 0.225 e. The van der Waals surface area contributed by atoms with Crippen molar-refractivity contribution in [1.29, 1.82) is 0 Å². The van der Waals surface area contributed by atoms with Crippen LogP contribution in [0.25, 0.3) is 0 Å². The highest BCUT2D eigenvalue weighted by atomic mass is 15.2. The monoisotopic (exact) mass is 279 g/mol. The maximum absolute atomic E-state index is 5.62. The van der Waals surface area contributed by atoms with Crippen LogP contribution in [0.2, 0.25) is 0 Å². The minimum atomic E-state index is 0.190. The van der Waals surface area contributed by atoms with Crippen LogP contribution >= 0.6 is 0 Å². The van der Waals surface area contributed by atoms with Gasteiger partial charge < -0.3 is 16.8 Å². The van der Waals surface area contributed by atoms with Crippen molar-refractivity contribution < 1.29 is 0 Å². The predicted octanol–water partition coefficient (Wildman–Crippen LogP) is 0.246. The van der Waals surface area contributed by atoms with Crippen molar-refractivity contribution in [2.75, 3.05) is 31.1 Å². The minimum absolute atomic E-state index is 0.190. The lowest BCUT2D eigenvalue weighted by molar-refractivity contribution is 0.160. The Hall–Kier alpha value is -1.47.